The van der Waals surface area contributed by atoms with E-state index >= 15 is 0 Å². The molecule has 0 saturated heterocycles. The predicted molar refractivity (Wildman–Crippen MR) is 25.6 cm³/mol. The van der Waals surface area contributed by atoms with Crippen LogP contribution in [-0.4, -0.2) is 10.2 Å². The number of hydrogen-bond donors (Lipinski definition) is 0. The van der Waals surface area contributed by atoms with Gasteiger partial charge in [-0.2, -0.15) is 11.2 Å². The molecule has 0 atom stereocenters. The zero-order valence-corrected chi connectivity index (χ0v) is 7.46. The van der Waals surface area contributed by atoms with Crippen molar-refractivity contribution >= 4 is 0 Å². The molecule has 0 amide bonds. The first-order valence-corrected chi connectivity index (χ1v) is 2.06. The van der Waals surface area contributed by atoms with Gasteiger partial charge in [-0.25, -0.2) is 6.07 Å². The number of nitrogens with zero attached hydrogens (tertiary/aromatic N) is 2. The van der Waals surface area contributed by atoms with Gasteiger partial charge in [0.05, 0.1) is 0 Å². The molecule has 0 aliphatic carbocycles. The molecule has 2 nitrogen and oxygen atoms in total. The fourth-order valence-electron chi connectivity index (χ4n) is 0.332. The Morgan fingerprint density at radius 1 is 1.62 bits per heavy atom. The maximum Gasteiger partial charge on any atom is 0 e. The molecule has 0 aliphatic heterocycles. The molecule has 1 heterocycles. The monoisotopic (exact) mass is 182 g/mol. The van der Waals surface area contributed by atoms with Gasteiger partial charge in [0.25, 0.3) is 0 Å². The van der Waals surface area contributed by atoms with Crippen LogP contribution in [0.15, 0.2) is 12.1 Å². The normalized spacial score (nSPS) is 7.62. The van der Waals surface area contributed by atoms with Crippen LogP contribution in [0.5, 0.6) is 0 Å². The number of aromatic nitrogens is 2. The zero-order valence-electron chi connectivity index (χ0n) is 4.63. The molecule has 3 heteroatoms. The smallest absolute Gasteiger partial charge is 0 e. The van der Waals surface area contributed by atoms with Crippen LogP contribution in [0.2, 0.25) is 0 Å². The third-order valence-electron chi connectivity index (χ3n) is 0.665. The summed E-state index contributed by atoms with van der Waals surface area (Å²) in [7, 11) is 0. The molecular weight excluding hydrogens is 177 g/mol. The molecule has 0 fully saturated rings. The van der Waals surface area contributed by atoms with E-state index in [1.54, 1.807) is 6.07 Å². The standard InChI is InChI=1S/C5H5N2.Y/c1-5-3-2-4-6-7-5;/h2-3H,1H3;/q-1;. The number of aryl methyl sites for hydroxylation is 1. The van der Waals surface area contributed by atoms with E-state index in [1.165, 1.54) is 0 Å². The first-order chi connectivity index (χ1) is 3.39. The van der Waals surface area contributed by atoms with Gasteiger partial charge in [0, 0.05) is 32.7 Å². The van der Waals surface area contributed by atoms with Crippen LogP contribution in [0.1, 0.15) is 5.69 Å². The van der Waals surface area contributed by atoms with E-state index in [1.807, 2.05) is 13.0 Å². The van der Waals surface area contributed by atoms with E-state index in [0.717, 1.165) is 5.69 Å². The largest absolute Gasteiger partial charge is 0.268 e. The summed E-state index contributed by atoms with van der Waals surface area (Å²) in [5, 5.41) is 7.18. The molecule has 0 bridgehead atoms. The minimum absolute atomic E-state index is 0. The van der Waals surface area contributed by atoms with Crippen molar-refractivity contribution in [3.63, 3.8) is 0 Å². The van der Waals surface area contributed by atoms with E-state index < -0.39 is 0 Å². The first kappa shape index (κ1) is 8.18. The summed E-state index contributed by atoms with van der Waals surface area (Å²) < 4.78 is 0. The Bertz CT molecular complexity index is 140. The fourth-order valence-corrected chi connectivity index (χ4v) is 0.332. The van der Waals surface area contributed by atoms with Crippen LogP contribution in [0.25, 0.3) is 0 Å². The maximum absolute atomic E-state index is 3.67. The Balaban J connectivity index is 0.000000490. The van der Waals surface area contributed by atoms with Gasteiger partial charge in [-0.3, -0.25) is 5.10 Å². The van der Waals surface area contributed by atoms with Gasteiger partial charge in [0.2, 0.25) is 0 Å². The van der Waals surface area contributed by atoms with Gasteiger partial charge < -0.3 is 0 Å². The molecule has 1 aromatic rings. The van der Waals surface area contributed by atoms with Crippen molar-refractivity contribution in [2.75, 3.05) is 0 Å². The summed E-state index contributed by atoms with van der Waals surface area (Å²) in [6.07, 6.45) is 2.57. The van der Waals surface area contributed by atoms with Crippen LogP contribution in [0.4, 0.5) is 0 Å². The molecule has 1 rings (SSSR count). The SMILES string of the molecule is Cc1cc[c-]nn1.[Y]. The topological polar surface area (TPSA) is 25.8 Å². The quantitative estimate of drug-likeness (QED) is 0.548. The Labute approximate surface area is 73.6 Å². The van der Waals surface area contributed by atoms with Crippen molar-refractivity contribution in [1.82, 2.24) is 10.2 Å². The minimum Gasteiger partial charge on any atom is -0.268 e. The number of hydrogen-bond acceptors (Lipinski definition) is 2. The molecule has 0 spiro atoms. The summed E-state index contributed by atoms with van der Waals surface area (Å²) >= 11 is 0. The minimum atomic E-state index is 0. The van der Waals surface area contributed by atoms with E-state index in [-0.39, 0.29) is 32.7 Å². The third kappa shape index (κ3) is 2.48. The van der Waals surface area contributed by atoms with Crippen molar-refractivity contribution in [2.45, 2.75) is 6.92 Å². The Hall–Kier alpha value is 0.184. The summed E-state index contributed by atoms with van der Waals surface area (Å²) in [6.45, 7) is 1.89. The third-order valence-corrected chi connectivity index (χ3v) is 0.665. The first-order valence-electron chi connectivity index (χ1n) is 2.06. The van der Waals surface area contributed by atoms with Crippen LogP contribution >= 0.6 is 0 Å². The van der Waals surface area contributed by atoms with Crippen molar-refractivity contribution in [1.29, 1.82) is 0 Å². The van der Waals surface area contributed by atoms with Crippen LogP contribution < -0.4 is 0 Å². The van der Waals surface area contributed by atoms with Crippen molar-refractivity contribution in [2.24, 2.45) is 0 Å². The predicted octanol–water partition coefficient (Wildman–Crippen LogP) is 0.583. The Morgan fingerprint density at radius 3 is 2.62 bits per heavy atom. The molecular formula is C5H5N2Y-. The van der Waals surface area contributed by atoms with Gasteiger partial charge in [-0.1, -0.05) is 0 Å². The van der Waals surface area contributed by atoms with E-state index in [2.05, 4.69) is 16.4 Å². The van der Waals surface area contributed by atoms with Gasteiger partial charge in [-0.05, 0) is 12.6 Å². The van der Waals surface area contributed by atoms with Crippen LogP contribution in [0, 0.1) is 13.1 Å². The zero-order chi connectivity index (χ0) is 5.11. The second-order valence-electron chi connectivity index (χ2n) is 1.30. The van der Waals surface area contributed by atoms with Crippen molar-refractivity contribution < 1.29 is 32.7 Å². The van der Waals surface area contributed by atoms with Gasteiger partial charge in [-0.15, -0.1) is 6.20 Å². The summed E-state index contributed by atoms with van der Waals surface area (Å²) in [6, 6.07) is 3.59. The number of rotatable bonds is 0. The molecule has 8 heavy (non-hydrogen) atoms. The summed E-state index contributed by atoms with van der Waals surface area (Å²) in [4.78, 5) is 0. The average molecular weight is 182 g/mol. The van der Waals surface area contributed by atoms with Crippen molar-refractivity contribution in [3.05, 3.63) is 24.0 Å². The Morgan fingerprint density at radius 2 is 2.38 bits per heavy atom. The molecule has 0 aromatic carbocycles. The van der Waals surface area contributed by atoms with E-state index in [4.69, 9.17) is 0 Å². The fraction of sp³-hybridized carbons (Fsp3) is 0.200. The van der Waals surface area contributed by atoms with Crippen LogP contribution in [0.3, 0.4) is 0 Å². The average Bonchev–Trinajstić information content (AvgIpc) is 1.69. The second kappa shape index (κ2) is 4.10. The van der Waals surface area contributed by atoms with Gasteiger partial charge >= 0.3 is 0 Å². The van der Waals surface area contributed by atoms with Gasteiger partial charge in [0.15, 0.2) is 0 Å². The van der Waals surface area contributed by atoms with Crippen molar-refractivity contribution in [3.8, 4) is 0 Å². The maximum atomic E-state index is 3.67. The molecule has 39 valence electrons. The molecule has 1 aromatic heterocycles. The summed E-state index contributed by atoms with van der Waals surface area (Å²) in [5.74, 6) is 0. The molecule has 1 radical (unpaired) electrons. The van der Waals surface area contributed by atoms with E-state index in [9.17, 15) is 0 Å². The molecule has 0 N–H and O–H groups in total. The Kier molecular flexibility index (Phi) is 4.20. The summed E-state index contributed by atoms with van der Waals surface area (Å²) in [5.41, 5.74) is 0.929. The molecule has 0 unspecified atom stereocenters. The van der Waals surface area contributed by atoms with E-state index in [0.29, 0.717) is 0 Å². The molecule has 0 saturated carbocycles. The second-order valence-corrected chi connectivity index (χ2v) is 1.30. The molecule has 0 aliphatic rings. The van der Waals surface area contributed by atoms with Crippen LogP contribution in [-0.2, 0) is 32.7 Å². The van der Waals surface area contributed by atoms with Gasteiger partial charge in [0.1, 0.15) is 0 Å².